The third-order valence-electron chi connectivity index (χ3n) is 20.5. The SMILES string of the molecule is c1ccc(Cc2ccc3sc4ccc(-c5ccccc5)cc4c3c2)cc1.c1ccc(Nc2cc3sc4ccccc4c3c3ccccc23)cc1.c1ccc(Nc2ccc3c(c2)c2ccccc2n3-c2ccccc2)cc1.c1ccc2c(c1)oc1cc(Nc3ccc4c5ccccc5c5ccccc5c4c3)ccc12. The number of hydrogen-bond acceptors (Lipinski definition) is 6. The summed E-state index contributed by atoms with van der Waals surface area (Å²) in [5.74, 6) is 0. The highest BCUT2D eigenvalue weighted by Crippen LogP contribution is 2.44. The summed E-state index contributed by atoms with van der Waals surface area (Å²) in [7, 11) is 0. The van der Waals surface area contributed by atoms with Gasteiger partial charge in [0.2, 0.25) is 0 Å². The number of thiophene rings is 2. The van der Waals surface area contributed by atoms with Gasteiger partial charge in [-0.2, -0.15) is 0 Å². The van der Waals surface area contributed by atoms with Gasteiger partial charge < -0.3 is 24.9 Å². The van der Waals surface area contributed by atoms with Crippen molar-refractivity contribution in [3.05, 3.63) is 405 Å². The molecule has 4 heterocycles. The summed E-state index contributed by atoms with van der Waals surface area (Å²) in [4.78, 5) is 0. The van der Waals surface area contributed by atoms with Crippen LogP contribution in [-0.4, -0.2) is 4.57 Å². The first-order valence-corrected chi connectivity index (χ1v) is 38.3. The fourth-order valence-electron chi connectivity index (χ4n) is 15.5. The van der Waals surface area contributed by atoms with Gasteiger partial charge in [0.15, 0.2) is 0 Å². The Morgan fingerprint density at radius 2 is 0.694 bits per heavy atom. The Balaban J connectivity index is 0.0000000986. The second kappa shape index (κ2) is 28.8. The first-order valence-electron chi connectivity index (χ1n) is 36.6. The molecule has 0 aliphatic heterocycles. The van der Waals surface area contributed by atoms with Crippen molar-refractivity contribution >= 4 is 184 Å². The Morgan fingerprint density at radius 3 is 1.40 bits per heavy atom. The molecule has 3 N–H and O–H groups in total. The van der Waals surface area contributed by atoms with E-state index in [1.54, 1.807) is 0 Å². The third-order valence-corrected chi connectivity index (χ3v) is 22.8. The van der Waals surface area contributed by atoms with Crippen LogP contribution in [0.5, 0.6) is 0 Å². The van der Waals surface area contributed by atoms with Gasteiger partial charge in [0.25, 0.3) is 0 Å². The molecule has 108 heavy (non-hydrogen) atoms. The van der Waals surface area contributed by atoms with Crippen LogP contribution >= 0.6 is 22.7 Å². The Hall–Kier alpha value is -13.6. The molecule has 0 radical (unpaired) electrons. The number of fused-ring (bicyclic) bond motifs is 20. The van der Waals surface area contributed by atoms with Gasteiger partial charge in [0.05, 0.1) is 11.0 Å². The van der Waals surface area contributed by atoms with E-state index < -0.39 is 0 Å². The molecule has 4 aromatic heterocycles. The van der Waals surface area contributed by atoms with E-state index in [0.29, 0.717) is 0 Å². The quantitative estimate of drug-likeness (QED) is 0.119. The molecule has 22 rings (SSSR count). The van der Waals surface area contributed by atoms with E-state index in [9.17, 15) is 0 Å². The number of furan rings is 1. The predicted octanol–water partition coefficient (Wildman–Crippen LogP) is 29.6. The molecule has 18 aromatic carbocycles. The van der Waals surface area contributed by atoms with E-state index in [-0.39, 0.29) is 0 Å². The molecular formula is C101H70N4OS2. The van der Waals surface area contributed by atoms with Crippen LogP contribution in [0.4, 0.5) is 34.1 Å². The molecule has 0 saturated carbocycles. The van der Waals surface area contributed by atoms with Crippen molar-refractivity contribution in [1.82, 2.24) is 4.57 Å². The van der Waals surface area contributed by atoms with E-state index in [1.807, 2.05) is 65.1 Å². The van der Waals surface area contributed by atoms with Gasteiger partial charge in [-0.1, -0.05) is 261 Å². The van der Waals surface area contributed by atoms with E-state index in [2.05, 4.69) is 372 Å². The number of aromatic nitrogens is 1. The molecule has 22 aromatic rings. The second-order valence-electron chi connectivity index (χ2n) is 27.3. The van der Waals surface area contributed by atoms with Crippen LogP contribution in [-0.2, 0) is 6.42 Å². The Morgan fingerprint density at radius 1 is 0.231 bits per heavy atom. The van der Waals surface area contributed by atoms with Gasteiger partial charge in [-0.05, 0) is 194 Å². The first kappa shape index (κ1) is 65.2. The third kappa shape index (κ3) is 12.8. The monoisotopic (exact) mass is 1420 g/mol. The Kier molecular flexibility index (Phi) is 17.4. The number of nitrogens with zero attached hydrogens (tertiary/aromatic N) is 1. The largest absolute Gasteiger partial charge is 0.456 e. The van der Waals surface area contributed by atoms with Gasteiger partial charge in [-0.3, -0.25) is 0 Å². The number of rotatable bonds is 10. The predicted molar refractivity (Wildman–Crippen MR) is 467 cm³/mol. The highest BCUT2D eigenvalue weighted by atomic mass is 32.1. The Labute approximate surface area is 633 Å². The van der Waals surface area contributed by atoms with Crippen LogP contribution in [0.3, 0.4) is 0 Å². The summed E-state index contributed by atoms with van der Waals surface area (Å²) < 4.78 is 13.8. The van der Waals surface area contributed by atoms with Gasteiger partial charge >= 0.3 is 0 Å². The average Bonchev–Trinajstić information content (AvgIpc) is 1.74. The number of para-hydroxylation sites is 5. The van der Waals surface area contributed by atoms with Crippen molar-refractivity contribution in [2.75, 3.05) is 16.0 Å². The summed E-state index contributed by atoms with van der Waals surface area (Å²) in [6, 6.07) is 140. The van der Waals surface area contributed by atoms with Crippen LogP contribution in [0.25, 0.3) is 144 Å². The van der Waals surface area contributed by atoms with E-state index in [1.165, 1.54) is 133 Å². The maximum Gasteiger partial charge on any atom is 0.137 e. The van der Waals surface area contributed by atoms with Crippen LogP contribution in [0, 0.1) is 0 Å². The van der Waals surface area contributed by atoms with Crippen molar-refractivity contribution in [2.24, 2.45) is 0 Å². The maximum absolute atomic E-state index is 6.07. The number of benzene rings is 18. The van der Waals surface area contributed by atoms with Crippen LogP contribution in [0.2, 0.25) is 0 Å². The number of hydrogen-bond donors (Lipinski definition) is 3. The standard InChI is InChI=1S/C30H19NO.C25H18S.C24H18N2.C22H15NS/c1-2-9-23-21(7-1)22-8-3-4-10-24(22)28-17-19(13-15-25(23)28)31-20-14-16-27-26-11-5-6-12-29(26)32-30(27)18-20;1-3-7-18(8-4-1)15-19-11-13-24-22(16-19)23-17-21(12-14-25(23)26-24)20-9-5-2-6-10-20;1-3-9-18(10-4-1)25-19-15-16-24-22(17-19)21-13-7-8-14-23(21)26(24)20-11-5-2-6-12-20;1-2-8-15(9-3-1)23-19-14-21-22(17-11-5-4-10-16(17)19)18-12-6-7-13-20(18)24-21/h1-18,31H;1-14,16-17H,15H2;1-17,25H;1-14,23H. The van der Waals surface area contributed by atoms with Gasteiger partial charge in [-0.25, -0.2) is 0 Å². The van der Waals surface area contributed by atoms with Crippen molar-refractivity contribution < 1.29 is 4.42 Å². The number of nitrogens with one attached hydrogen (secondary N) is 3. The zero-order chi connectivity index (χ0) is 71.7. The minimum absolute atomic E-state index is 0.897. The molecule has 0 unspecified atom stereocenters. The van der Waals surface area contributed by atoms with Gasteiger partial charge in [0.1, 0.15) is 11.2 Å². The zero-order valence-corrected chi connectivity index (χ0v) is 60.5. The molecule has 0 aliphatic carbocycles. The Bertz CT molecular complexity index is 7010. The summed E-state index contributed by atoms with van der Waals surface area (Å²) >= 11 is 3.74. The van der Waals surface area contributed by atoms with Crippen molar-refractivity contribution in [3.8, 4) is 16.8 Å². The maximum atomic E-state index is 6.07. The van der Waals surface area contributed by atoms with Crippen LogP contribution in [0.1, 0.15) is 11.1 Å². The van der Waals surface area contributed by atoms with E-state index in [4.69, 9.17) is 4.42 Å². The molecular weight excluding hydrogens is 1350 g/mol. The minimum atomic E-state index is 0.897. The zero-order valence-electron chi connectivity index (χ0n) is 58.9. The topological polar surface area (TPSA) is 54.2 Å². The number of anilines is 6. The van der Waals surface area contributed by atoms with Crippen LogP contribution in [0.15, 0.2) is 399 Å². The summed E-state index contributed by atoms with van der Waals surface area (Å²) in [6.07, 6.45) is 0.979. The fraction of sp³-hybridized carbons (Fsp3) is 0.00990. The summed E-state index contributed by atoms with van der Waals surface area (Å²) in [5, 5.41) is 31.2. The molecule has 0 amide bonds. The summed E-state index contributed by atoms with van der Waals surface area (Å²) in [5.41, 5.74) is 17.3. The van der Waals surface area contributed by atoms with Gasteiger partial charge in [0, 0.05) is 113 Å². The lowest BCUT2D eigenvalue weighted by Crippen LogP contribution is -1.93. The van der Waals surface area contributed by atoms with Crippen LogP contribution < -0.4 is 16.0 Å². The van der Waals surface area contributed by atoms with Crippen molar-refractivity contribution in [3.63, 3.8) is 0 Å². The molecule has 512 valence electrons. The van der Waals surface area contributed by atoms with Crippen molar-refractivity contribution in [2.45, 2.75) is 6.42 Å². The molecule has 7 heteroatoms. The molecule has 0 bridgehead atoms. The van der Waals surface area contributed by atoms with Crippen molar-refractivity contribution in [1.29, 1.82) is 0 Å². The summed E-state index contributed by atoms with van der Waals surface area (Å²) in [6.45, 7) is 0. The molecule has 0 spiro atoms. The van der Waals surface area contributed by atoms with Gasteiger partial charge in [-0.15, -0.1) is 22.7 Å². The van der Waals surface area contributed by atoms with E-state index >= 15 is 0 Å². The highest BCUT2D eigenvalue weighted by Gasteiger charge is 2.17. The molecule has 0 aliphatic rings. The molecule has 0 atom stereocenters. The lowest BCUT2D eigenvalue weighted by Gasteiger charge is -2.13. The van der Waals surface area contributed by atoms with E-state index in [0.717, 1.165) is 62.5 Å². The minimum Gasteiger partial charge on any atom is -0.456 e. The lowest BCUT2D eigenvalue weighted by atomic mass is 9.94. The second-order valence-corrected chi connectivity index (χ2v) is 29.5. The molecule has 5 nitrogen and oxygen atoms in total. The first-order chi connectivity index (χ1) is 53.5. The smallest absolute Gasteiger partial charge is 0.137 e. The highest BCUT2D eigenvalue weighted by molar-refractivity contribution is 7.26. The average molecular weight is 1420 g/mol. The normalized spacial score (nSPS) is 11.4. The lowest BCUT2D eigenvalue weighted by molar-refractivity contribution is 0.669. The molecule has 0 fully saturated rings. The molecule has 0 saturated heterocycles. The fourth-order valence-corrected chi connectivity index (χ4v) is 17.7.